The molecule has 2 unspecified atom stereocenters. The number of carboxylic acid groups (broad SMARTS) is 1. The Bertz CT molecular complexity index is 1380. The van der Waals surface area contributed by atoms with Crippen LogP contribution in [0.1, 0.15) is 60.4 Å². The SMILES string of the molecule is COCOc1cc(OCC[Si](C)(C)C)cc(C=CC[C@@H]2OC(C)(C)OC2C(C=C[C@@H](C)[C@H](C)O)OC(=O)c2ccccc2)c1C(=O)O. The summed E-state index contributed by atoms with van der Waals surface area (Å²) in [6.07, 6.45) is 4.62. The van der Waals surface area contributed by atoms with E-state index in [-0.39, 0.29) is 24.0 Å². The summed E-state index contributed by atoms with van der Waals surface area (Å²) in [7, 11) is 0.101. The third kappa shape index (κ3) is 11.9. The Morgan fingerprint density at radius 3 is 2.36 bits per heavy atom. The van der Waals surface area contributed by atoms with Crippen LogP contribution in [0.15, 0.2) is 60.7 Å². The van der Waals surface area contributed by atoms with E-state index in [1.807, 2.05) is 13.0 Å². The molecule has 2 aromatic carbocycles. The predicted molar refractivity (Wildman–Crippen MR) is 183 cm³/mol. The molecule has 0 saturated carbocycles. The van der Waals surface area contributed by atoms with Gasteiger partial charge in [0.2, 0.25) is 0 Å². The highest BCUT2D eigenvalue weighted by molar-refractivity contribution is 6.76. The van der Waals surface area contributed by atoms with E-state index < -0.39 is 50.2 Å². The van der Waals surface area contributed by atoms with E-state index in [2.05, 4.69) is 19.6 Å². The Hall–Kier alpha value is -3.48. The topological polar surface area (TPSA) is 130 Å². The number of esters is 1. The molecule has 0 radical (unpaired) electrons. The largest absolute Gasteiger partial charge is 0.494 e. The van der Waals surface area contributed by atoms with Crippen molar-refractivity contribution >= 4 is 26.1 Å². The second kappa shape index (κ2) is 17.1. The number of hydrogen-bond donors (Lipinski definition) is 2. The van der Waals surface area contributed by atoms with Gasteiger partial charge in [-0.1, -0.05) is 63.0 Å². The van der Waals surface area contributed by atoms with Crippen molar-refractivity contribution < 1.29 is 48.2 Å². The molecule has 0 aromatic heterocycles. The van der Waals surface area contributed by atoms with Crippen LogP contribution >= 0.6 is 0 Å². The van der Waals surface area contributed by atoms with Crippen molar-refractivity contribution in [3.63, 3.8) is 0 Å². The van der Waals surface area contributed by atoms with E-state index >= 15 is 0 Å². The Kier molecular flexibility index (Phi) is 13.8. The van der Waals surface area contributed by atoms with Crippen molar-refractivity contribution in [2.45, 2.75) is 90.0 Å². The van der Waals surface area contributed by atoms with Gasteiger partial charge in [-0.05, 0) is 69.0 Å². The maximum atomic E-state index is 13.1. The minimum absolute atomic E-state index is 0.0268. The number of methoxy groups -OCH3 is 1. The quantitative estimate of drug-likeness (QED) is 0.0802. The zero-order chi connectivity index (χ0) is 34.8. The molecule has 1 saturated heterocycles. The molecule has 3 rings (SSSR count). The second-order valence-corrected chi connectivity index (χ2v) is 19.0. The normalized spacial score (nSPS) is 19.9. The minimum atomic E-state index is -1.36. The maximum Gasteiger partial charge on any atom is 0.340 e. The van der Waals surface area contributed by atoms with Gasteiger partial charge in [-0.25, -0.2) is 9.59 Å². The summed E-state index contributed by atoms with van der Waals surface area (Å²) in [6, 6.07) is 12.9. The molecule has 1 heterocycles. The van der Waals surface area contributed by atoms with Gasteiger partial charge in [0.05, 0.1) is 24.4 Å². The lowest BCUT2D eigenvalue weighted by Gasteiger charge is -2.25. The van der Waals surface area contributed by atoms with Gasteiger partial charge in [-0.15, -0.1) is 0 Å². The van der Waals surface area contributed by atoms with Gasteiger partial charge in [0.15, 0.2) is 12.6 Å². The predicted octanol–water partition coefficient (Wildman–Crippen LogP) is 6.81. The fourth-order valence-electron chi connectivity index (χ4n) is 4.85. The number of aliphatic hydroxyl groups is 1. The van der Waals surface area contributed by atoms with Crippen LogP contribution in [-0.2, 0) is 18.9 Å². The molecule has 2 aromatic rings. The lowest BCUT2D eigenvalue weighted by molar-refractivity contribution is -0.152. The molecule has 0 aliphatic carbocycles. The van der Waals surface area contributed by atoms with E-state index in [4.69, 9.17) is 28.4 Å². The van der Waals surface area contributed by atoms with Crippen molar-refractivity contribution in [1.82, 2.24) is 0 Å². The molecule has 1 aliphatic rings. The van der Waals surface area contributed by atoms with E-state index in [0.717, 1.165) is 6.04 Å². The Balaban J connectivity index is 1.93. The first-order chi connectivity index (χ1) is 22.1. The van der Waals surface area contributed by atoms with E-state index in [9.17, 15) is 19.8 Å². The molecule has 10 nitrogen and oxygen atoms in total. The molecule has 0 spiro atoms. The average Bonchev–Trinajstić information content (AvgIpc) is 3.31. The molecule has 47 heavy (non-hydrogen) atoms. The van der Waals surface area contributed by atoms with Gasteiger partial charge in [-0.3, -0.25) is 0 Å². The summed E-state index contributed by atoms with van der Waals surface area (Å²) in [6.45, 7) is 14.3. The summed E-state index contributed by atoms with van der Waals surface area (Å²) in [4.78, 5) is 25.5. The van der Waals surface area contributed by atoms with Gasteiger partial charge >= 0.3 is 11.9 Å². The second-order valence-electron chi connectivity index (χ2n) is 13.4. The lowest BCUT2D eigenvalue weighted by atomic mass is 9.99. The average molecular weight is 671 g/mol. The zero-order valence-corrected chi connectivity index (χ0v) is 29.7. The number of benzene rings is 2. The summed E-state index contributed by atoms with van der Waals surface area (Å²) in [5.41, 5.74) is 0.756. The van der Waals surface area contributed by atoms with E-state index in [1.165, 1.54) is 7.11 Å². The molecule has 1 aliphatic heterocycles. The van der Waals surface area contributed by atoms with E-state index in [0.29, 0.717) is 29.9 Å². The number of aromatic carboxylic acids is 1. The van der Waals surface area contributed by atoms with Gasteiger partial charge in [0, 0.05) is 21.3 Å². The Morgan fingerprint density at radius 1 is 1.04 bits per heavy atom. The number of carboxylic acids is 1. The minimum Gasteiger partial charge on any atom is -0.494 e. The fourth-order valence-corrected chi connectivity index (χ4v) is 5.56. The van der Waals surface area contributed by atoms with Gasteiger partial charge in [-0.2, -0.15) is 0 Å². The maximum absolute atomic E-state index is 13.1. The van der Waals surface area contributed by atoms with Crippen LogP contribution in [0.5, 0.6) is 11.5 Å². The van der Waals surface area contributed by atoms with Crippen molar-refractivity contribution in [3.05, 3.63) is 77.4 Å². The monoisotopic (exact) mass is 670 g/mol. The molecule has 5 atom stereocenters. The molecular weight excluding hydrogens is 620 g/mol. The third-order valence-electron chi connectivity index (χ3n) is 7.60. The van der Waals surface area contributed by atoms with Crippen molar-refractivity contribution in [3.8, 4) is 11.5 Å². The van der Waals surface area contributed by atoms with Gasteiger partial charge in [0.1, 0.15) is 29.3 Å². The van der Waals surface area contributed by atoms with Crippen LogP contribution in [0.25, 0.3) is 6.08 Å². The fraction of sp³-hybridized carbons (Fsp3) is 0.500. The first-order valence-electron chi connectivity index (χ1n) is 15.9. The summed E-state index contributed by atoms with van der Waals surface area (Å²) >= 11 is 0. The number of carbonyl (C=O) groups is 2. The number of aliphatic hydroxyl groups excluding tert-OH is 1. The molecular formula is C36H50O10Si. The number of rotatable bonds is 17. The number of hydrogen-bond acceptors (Lipinski definition) is 9. The molecule has 2 N–H and O–H groups in total. The summed E-state index contributed by atoms with van der Waals surface area (Å²) in [5, 5.41) is 20.2. The Morgan fingerprint density at radius 2 is 1.74 bits per heavy atom. The third-order valence-corrected chi connectivity index (χ3v) is 9.31. The highest BCUT2D eigenvalue weighted by atomic mass is 28.3. The molecule has 0 bridgehead atoms. The van der Waals surface area contributed by atoms with Crippen molar-refractivity contribution in [2.24, 2.45) is 5.92 Å². The lowest BCUT2D eigenvalue weighted by Crippen LogP contribution is -2.37. The van der Waals surface area contributed by atoms with Crippen LogP contribution in [0, 0.1) is 5.92 Å². The van der Waals surface area contributed by atoms with Crippen LogP contribution in [-0.4, -0.2) is 80.9 Å². The van der Waals surface area contributed by atoms with Crippen LogP contribution in [0.3, 0.4) is 0 Å². The van der Waals surface area contributed by atoms with Gasteiger partial charge < -0.3 is 38.6 Å². The smallest absolute Gasteiger partial charge is 0.340 e. The summed E-state index contributed by atoms with van der Waals surface area (Å²) < 4.78 is 35.2. The number of ether oxygens (including phenoxy) is 6. The van der Waals surface area contributed by atoms with Crippen LogP contribution in [0.2, 0.25) is 25.7 Å². The molecule has 11 heteroatoms. The van der Waals surface area contributed by atoms with Crippen molar-refractivity contribution in [1.29, 1.82) is 0 Å². The first-order valence-corrected chi connectivity index (χ1v) is 19.6. The van der Waals surface area contributed by atoms with E-state index in [1.54, 1.807) is 81.5 Å². The summed E-state index contributed by atoms with van der Waals surface area (Å²) in [5.74, 6) is -2.24. The Labute approximate surface area is 279 Å². The highest BCUT2D eigenvalue weighted by Crippen LogP contribution is 2.35. The zero-order valence-electron chi connectivity index (χ0n) is 28.7. The highest BCUT2D eigenvalue weighted by Gasteiger charge is 2.45. The standard InChI is InChI=1S/C36H50O10Si/c1-24(25(2)37)17-18-29(44-35(40)26-13-10-9-11-14-26)33-30(45-36(3,4)46-33)16-12-15-27-21-28(42-19-20-47(6,7)8)22-31(43-23-41-5)32(27)34(38)39/h9-15,17-18,21-22,24-25,29-30,33,37H,16,19-20,23H2,1-8H3,(H,38,39)/t24-,25+,29?,30+,33?/m1/s1. The molecule has 258 valence electrons. The van der Waals surface area contributed by atoms with Crippen molar-refractivity contribution in [2.75, 3.05) is 20.5 Å². The first kappa shape index (κ1) is 38.0. The molecule has 0 amide bonds. The van der Waals surface area contributed by atoms with Crippen LogP contribution in [0.4, 0.5) is 0 Å². The number of carbonyl (C=O) groups excluding carboxylic acids is 1. The van der Waals surface area contributed by atoms with Gasteiger partial charge in [0.25, 0.3) is 0 Å². The van der Waals surface area contributed by atoms with Crippen LogP contribution < -0.4 is 9.47 Å². The molecule has 1 fully saturated rings.